The highest BCUT2D eigenvalue weighted by molar-refractivity contribution is 5.94. The first-order chi connectivity index (χ1) is 15.0. The number of anilines is 1. The smallest absolute Gasteiger partial charge is 0.410 e. The predicted octanol–water partition coefficient (Wildman–Crippen LogP) is 3.40. The molecule has 0 radical (unpaired) electrons. The van der Waals surface area contributed by atoms with E-state index in [0.717, 1.165) is 70.5 Å². The summed E-state index contributed by atoms with van der Waals surface area (Å²) < 4.78 is 5.26. The van der Waals surface area contributed by atoms with Crippen molar-refractivity contribution in [1.29, 1.82) is 0 Å². The summed E-state index contributed by atoms with van der Waals surface area (Å²) in [4.78, 5) is 30.8. The first-order valence-corrected chi connectivity index (χ1v) is 11.5. The normalized spacial score (nSPS) is 20.8. The molecule has 4 rings (SSSR count). The van der Waals surface area contributed by atoms with Gasteiger partial charge in [-0.15, -0.1) is 5.92 Å². The lowest BCUT2D eigenvalue weighted by Gasteiger charge is -2.45. The van der Waals surface area contributed by atoms with Crippen LogP contribution < -0.4 is 4.90 Å². The van der Waals surface area contributed by atoms with Crippen molar-refractivity contribution in [2.75, 3.05) is 44.2 Å². The third-order valence-corrected chi connectivity index (χ3v) is 7.17. The molecule has 1 aromatic rings. The minimum Gasteiger partial charge on any atom is -0.436 e. The zero-order chi connectivity index (χ0) is 21.8. The van der Waals surface area contributed by atoms with E-state index in [0.29, 0.717) is 6.04 Å². The summed E-state index contributed by atoms with van der Waals surface area (Å²) in [7, 11) is 0. The average Bonchev–Trinajstić information content (AvgIpc) is 3.12. The summed E-state index contributed by atoms with van der Waals surface area (Å²) in [6.45, 7) is 8.21. The molecule has 0 aliphatic carbocycles. The zero-order valence-electron chi connectivity index (χ0n) is 18.7. The summed E-state index contributed by atoms with van der Waals surface area (Å²) >= 11 is 0. The second-order valence-corrected chi connectivity index (χ2v) is 8.92. The van der Waals surface area contributed by atoms with Crippen molar-refractivity contribution in [3.05, 3.63) is 29.8 Å². The van der Waals surface area contributed by atoms with E-state index in [4.69, 9.17) is 4.74 Å². The number of piperidine rings is 2. The van der Waals surface area contributed by atoms with Gasteiger partial charge in [0.05, 0.1) is 0 Å². The molecule has 1 spiro atoms. The summed E-state index contributed by atoms with van der Waals surface area (Å²) in [5.41, 5.74) is 2.52. The number of carbonyl (C=O) groups excluding carboxylic acids is 2. The highest BCUT2D eigenvalue weighted by Gasteiger charge is 2.46. The largest absolute Gasteiger partial charge is 0.436 e. The number of ether oxygens (including phenoxy) is 1. The Labute approximate surface area is 185 Å². The molecule has 31 heavy (non-hydrogen) atoms. The number of benzene rings is 1. The molecular formula is C25H33N3O3. The molecule has 3 aliphatic heterocycles. The van der Waals surface area contributed by atoms with E-state index >= 15 is 0 Å². The molecule has 0 saturated carbocycles. The predicted molar refractivity (Wildman–Crippen MR) is 121 cm³/mol. The Kier molecular flexibility index (Phi) is 6.52. The average molecular weight is 424 g/mol. The van der Waals surface area contributed by atoms with Gasteiger partial charge in [-0.25, -0.2) is 4.79 Å². The topological polar surface area (TPSA) is 53.1 Å². The molecule has 3 aliphatic rings. The van der Waals surface area contributed by atoms with E-state index in [1.807, 2.05) is 22.8 Å². The number of hydrogen-bond acceptors (Lipinski definition) is 4. The first kappa shape index (κ1) is 21.7. The van der Waals surface area contributed by atoms with E-state index in [2.05, 4.69) is 34.9 Å². The quantitative estimate of drug-likeness (QED) is 0.684. The Morgan fingerprint density at radius 1 is 1.10 bits per heavy atom. The first-order valence-electron chi connectivity index (χ1n) is 11.5. The molecule has 2 fully saturated rings. The van der Waals surface area contributed by atoms with Crippen LogP contribution in [0.3, 0.4) is 0 Å². The van der Waals surface area contributed by atoms with Gasteiger partial charge in [0.1, 0.15) is 0 Å². The van der Waals surface area contributed by atoms with Crippen LogP contribution in [0.1, 0.15) is 51.5 Å². The number of carbonyl (C=O) groups is 2. The Balaban J connectivity index is 1.31. The Morgan fingerprint density at radius 2 is 1.81 bits per heavy atom. The lowest BCUT2D eigenvalue weighted by atomic mass is 9.74. The van der Waals surface area contributed by atoms with Gasteiger partial charge in [-0.3, -0.25) is 4.79 Å². The number of fused-ring (bicyclic) bond motifs is 2. The minimum atomic E-state index is -0.242. The van der Waals surface area contributed by atoms with E-state index < -0.39 is 0 Å². The van der Waals surface area contributed by atoms with Crippen molar-refractivity contribution < 1.29 is 14.3 Å². The Morgan fingerprint density at radius 3 is 2.48 bits per heavy atom. The van der Waals surface area contributed by atoms with Gasteiger partial charge >= 0.3 is 6.09 Å². The summed E-state index contributed by atoms with van der Waals surface area (Å²) in [5, 5.41) is 0. The third kappa shape index (κ3) is 4.43. The maximum absolute atomic E-state index is 12.2. The summed E-state index contributed by atoms with van der Waals surface area (Å²) in [6, 6.07) is 8.93. The minimum absolute atomic E-state index is 0.0861. The van der Waals surface area contributed by atoms with Crippen molar-refractivity contribution in [2.45, 2.75) is 57.4 Å². The van der Waals surface area contributed by atoms with Gasteiger partial charge in [-0.1, -0.05) is 31.0 Å². The number of para-hydroxylation sites is 1. The van der Waals surface area contributed by atoms with Crippen molar-refractivity contribution in [2.24, 2.45) is 0 Å². The molecule has 6 nitrogen and oxygen atoms in total. The highest BCUT2D eigenvalue weighted by atomic mass is 16.6. The molecule has 3 heterocycles. The van der Waals surface area contributed by atoms with Crippen molar-refractivity contribution in [3.63, 3.8) is 0 Å². The van der Waals surface area contributed by atoms with E-state index in [9.17, 15) is 9.59 Å². The monoisotopic (exact) mass is 423 g/mol. The second kappa shape index (κ2) is 9.32. The molecule has 2 amide bonds. The molecule has 6 heteroatoms. The fraction of sp³-hybridized carbons (Fsp3) is 0.600. The maximum atomic E-state index is 12.2. The van der Waals surface area contributed by atoms with Gasteiger partial charge in [0.25, 0.3) is 0 Å². The number of hydrogen-bond donors (Lipinski definition) is 0. The van der Waals surface area contributed by atoms with Gasteiger partial charge in [0.2, 0.25) is 5.91 Å². The van der Waals surface area contributed by atoms with Crippen LogP contribution in [-0.4, -0.2) is 67.2 Å². The number of amides is 2. The van der Waals surface area contributed by atoms with Gasteiger partial charge in [0, 0.05) is 50.1 Å². The van der Waals surface area contributed by atoms with E-state index in [-0.39, 0.29) is 24.0 Å². The molecule has 0 unspecified atom stereocenters. The van der Waals surface area contributed by atoms with Crippen LogP contribution in [0, 0.1) is 11.8 Å². The lowest BCUT2D eigenvalue weighted by molar-refractivity contribution is -0.116. The highest BCUT2D eigenvalue weighted by Crippen LogP contribution is 2.47. The molecule has 0 bridgehead atoms. The van der Waals surface area contributed by atoms with Crippen LogP contribution in [-0.2, 0) is 14.9 Å². The lowest BCUT2D eigenvalue weighted by Crippen LogP contribution is -2.52. The third-order valence-electron chi connectivity index (χ3n) is 7.17. The standard InChI is InChI=1S/C25H33N3O3/c1-3-4-7-18-31-24(30)27-14-10-21(11-15-27)26-16-12-25(13-17-26)19-28(20(2)29)23-9-6-5-8-22(23)25/h5-6,8-9,21H,3,10-19H2,1-2H3. The van der Waals surface area contributed by atoms with Gasteiger partial charge < -0.3 is 19.4 Å². The zero-order valence-corrected chi connectivity index (χ0v) is 18.7. The van der Waals surface area contributed by atoms with Crippen LogP contribution in [0.15, 0.2) is 24.3 Å². The molecule has 166 valence electrons. The van der Waals surface area contributed by atoms with Crippen LogP contribution in [0.2, 0.25) is 0 Å². The SMILES string of the molecule is CCC#CCOC(=O)N1CCC(N2CCC3(CC2)CN(C(C)=O)c2ccccc23)CC1. The van der Waals surface area contributed by atoms with E-state index in [1.165, 1.54) is 5.56 Å². The maximum Gasteiger partial charge on any atom is 0.410 e. The molecule has 0 N–H and O–H groups in total. The van der Waals surface area contributed by atoms with Gasteiger partial charge in [0.15, 0.2) is 6.61 Å². The summed E-state index contributed by atoms with van der Waals surface area (Å²) in [6.07, 6.45) is 4.66. The molecule has 2 saturated heterocycles. The van der Waals surface area contributed by atoms with Crippen molar-refractivity contribution in [1.82, 2.24) is 9.80 Å². The molecule has 0 atom stereocenters. The van der Waals surface area contributed by atoms with Crippen LogP contribution in [0.4, 0.5) is 10.5 Å². The van der Waals surface area contributed by atoms with Crippen molar-refractivity contribution >= 4 is 17.7 Å². The van der Waals surface area contributed by atoms with Crippen LogP contribution >= 0.6 is 0 Å². The van der Waals surface area contributed by atoms with Crippen molar-refractivity contribution in [3.8, 4) is 11.8 Å². The van der Waals surface area contributed by atoms with Crippen LogP contribution in [0.5, 0.6) is 0 Å². The Bertz CT molecular complexity index is 871. The molecular weight excluding hydrogens is 390 g/mol. The fourth-order valence-electron chi connectivity index (χ4n) is 5.43. The molecule has 0 aromatic heterocycles. The number of likely N-dealkylation sites (tertiary alicyclic amines) is 2. The number of nitrogens with zero attached hydrogens (tertiary/aromatic N) is 3. The van der Waals surface area contributed by atoms with E-state index in [1.54, 1.807) is 6.92 Å². The Hall–Kier alpha value is -2.52. The second-order valence-electron chi connectivity index (χ2n) is 8.92. The van der Waals surface area contributed by atoms with Gasteiger partial charge in [-0.05, 0) is 50.4 Å². The molecule has 1 aromatic carbocycles. The summed E-state index contributed by atoms with van der Waals surface area (Å²) in [5.74, 6) is 5.90. The number of rotatable bonds is 2. The van der Waals surface area contributed by atoms with Gasteiger partial charge in [-0.2, -0.15) is 0 Å². The van der Waals surface area contributed by atoms with Crippen LogP contribution in [0.25, 0.3) is 0 Å². The fourth-order valence-corrected chi connectivity index (χ4v) is 5.43.